The second-order valence-corrected chi connectivity index (χ2v) is 5.78. The van der Waals surface area contributed by atoms with Crippen molar-refractivity contribution in [2.75, 3.05) is 32.7 Å². The number of aryl methyl sites for hydroxylation is 1. The molecular formula is C15H24N4O3. The predicted octanol–water partition coefficient (Wildman–Crippen LogP) is 1.59. The number of rotatable bonds is 3. The number of aromatic nitrogens is 1. The quantitative estimate of drug-likeness (QED) is 0.920. The van der Waals surface area contributed by atoms with E-state index in [1.54, 1.807) is 16.7 Å². The second kappa shape index (κ2) is 6.81. The summed E-state index contributed by atoms with van der Waals surface area (Å²) >= 11 is 0. The van der Waals surface area contributed by atoms with Crippen molar-refractivity contribution in [3.05, 3.63) is 17.0 Å². The molecule has 3 amide bonds. The van der Waals surface area contributed by atoms with Crippen molar-refractivity contribution in [2.24, 2.45) is 0 Å². The van der Waals surface area contributed by atoms with Crippen LogP contribution in [0.1, 0.15) is 48.5 Å². The summed E-state index contributed by atoms with van der Waals surface area (Å²) in [5.41, 5.74) is 1.20. The van der Waals surface area contributed by atoms with E-state index in [9.17, 15) is 9.59 Å². The van der Waals surface area contributed by atoms with Gasteiger partial charge in [-0.15, -0.1) is 0 Å². The monoisotopic (exact) mass is 308 g/mol. The molecule has 7 nitrogen and oxygen atoms in total. The minimum Gasteiger partial charge on any atom is -0.360 e. The highest BCUT2D eigenvalue weighted by Gasteiger charge is 2.29. The number of nitrogens with zero attached hydrogens (tertiary/aromatic N) is 3. The average Bonchev–Trinajstić information content (AvgIpc) is 2.89. The third-order valence-electron chi connectivity index (χ3n) is 3.81. The van der Waals surface area contributed by atoms with Crippen molar-refractivity contribution in [2.45, 2.75) is 33.6 Å². The van der Waals surface area contributed by atoms with Crippen molar-refractivity contribution < 1.29 is 14.1 Å². The average molecular weight is 308 g/mol. The minimum absolute atomic E-state index is 0.0574. The van der Waals surface area contributed by atoms with E-state index in [0.717, 1.165) is 0 Å². The first-order chi connectivity index (χ1) is 10.5. The van der Waals surface area contributed by atoms with Gasteiger partial charge in [0.25, 0.3) is 5.91 Å². The topological polar surface area (TPSA) is 78.7 Å². The molecule has 1 aliphatic rings. The second-order valence-electron chi connectivity index (χ2n) is 5.78. The number of carbonyl (C=O) groups excluding carboxylic acids is 2. The molecule has 22 heavy (non-hydrogen) atoms. The van der Waals surface area contributed by atoms with Crippen LogP contribution in [0.4, 0.5) is 4.79 Å². The molecule has 0 unspecified atom stereocenters. The lowest BCUT2D eigenvalue weighted by molar-refractivity contribution is 0.0662. The maximum absolute atomic E-state index is 12.7. The Balaban J connectivity index is 2.04. The van der Waals surface area contributed by atoms with Gasteiger partial charge in [0.15, 0.2) is 5.76 Å². The lowest BCUT2D eigenvalue weighted by Gasteiger charge is -2.34. The van der Waals surface area contributed by atoms with Gasteiger partial charge in [-0.25, -0.2) is 4.79 Å². The summed E-state index contributed by atoms with van der Waals surface area (Å²) in [7, 11) is 0. The van der Waals surface area contributed by atoms with Crippen LogP contribution in [-0.4, -0.2) is 59.6 Å². The van der Waals surface area contributed by atoms with Gasteiger partial charge in [-0.05, 0) is 13.8 Å². The van der Waals surface area contributed by atoms with E-state index in [1.807, 2.05) is 20.8 Å². The zero-order valence-electron chi connectivity index (χ0n) is 13.7. The zero-order chi connectivity index (χ0) is 16.3. The molecule has 7 heteroatoms. The van der Waals surface area contributed by atoms with Crippen molar-refractivity contribution in [3.8, 4) is 0 Å². The number of hydrogen-bond acceptors (Lipinski definition) is 4. The van der Waals surface area contributed by atoms with Crippen molar-refractivity contribution >= 4 is 11.9 Å². The molecule has 0 saturated carbocycles. The van der Waals surface area contributed by atoms with E-state index in [4.69, 9.17) is 4.52 Å². The van der Waals surface area contributed by atoms with Crippen LogP contribution >= 0.6 is 0 Å². The van der Waals surface area contributed by atoms with Crippen LogP contribution < -0.4 is 5.32 Å². The Labute approximate surface area is 130 Å². The van der Waals surface area contributed by atoms with Gasteiger partial charge in [-0.2, -0.15) is 0 Å². The molecule has 2 rings (SSSR count). The Morgan fingerprint density at radius 3 is 2.36 bits per heavy atom. The maximum Gasteiger partial charge on any atom is 0.317 e. The summed E-state index contributed by atoms with van der Waals surface area (Å²) in [6, 6.07) is -0.0707. The fourth-order valence-corrected chi connectivity index (χ4v) is 2.58. The Bertz CT molecular complexity index is 545. The van der Waals surface area contributed by atoms with E-state index in [2.05, 4.69) is 10.5 Å². The van der Waals surface area contributed by atoms with Crippen LogP contribution in [0, 0.1) is 6.92 Å². The fourth-order valence-electron chi connectivity index (χ4n) is 2.58. The molecule has 1 aromatic heterocycles. The van der Waals surface area contributed by atoms with Crippen LogP contribution in [0.15, 0.2) is 4.52 Å². The lowest BCUT2D eigenvalue weighted by atomic mass is 10.0. The third-order valence-corrected chi connectivity index (χ3v) is 3.81. The zero-order valence-corrected chi connectivity index (χ0v) is 13.7. The van der Waals surface area contributed by atoms with Crippen LogP contribution in [0.5, 0.6) is 0 Å². The first kappa shape index (κ1) is 16.3. The highest BCUT2D eigenvalue weighted by Crippen LogP contribution is 2.24. The smallest absolute Gasteiger partial charge is 0.317 e. The molecule has 0 aliphatic carbocycles. The van der Waals surface area contributed by atoms with Crippen molar-refractivity contribution in [1.29, 1.82) is 0 Å². The van der Waals surface area contributed by atoms with E-state index in [0.29, 0.717) is 49.7 Å². The molecular weight excluding hydrogens is 284 g/mol. The summed E-state index contributed by atoms with van der Waals surface area (Å²) in [5, 5.41) is 6.70. The first-order valence-corrected chi connectivity index (χ1v) is 7.73. The standard InChI is InChI=1S/C15H24N4O3/c1-5-16-15(21)19-8-6-18(7-9-19)14(20)12-11(4)17-22-13(12)10(2)3/h10H,5-9H2,1-4H3,(H,16,21). The highest BCUT2D eigenvalue weighted by atomic mass is 16.5. The summed E-state index contributed by atoms with van der Waals surface area (Å²) in [4.78, 5) is 28.0. The van der Waals surface area contributed by atoms with E-state index < -0.39 is 0 Å². The molecule has 0 atom stereocenters. The molecule has 1 aliphatic heterocycles. The van der Waals surface area contributed by atoms with Gasteiger partial charge in [0, 0.05) is 38.6 Å². The Hall–Kier alpha value is -2.05. The summed E-state index contributed by atoms with van der Waals surface area (Å²) in [5.74, 6) is 0.684. The molecule has 0 spiro atoms. The largest absolute Gasteiger partial charge is 0.360 e. The number of amides is 3. The third kappa shape index (κ3) is 3.23. The number of nitrogens with one attached hydrogen (secondary N) is 1. The van der Waals surface area contributed by atoms with Gasteiger partial charge in [0.1, 0.15) is 5.56 Å². The highest BCUT2D eigenvalue weighted by molar-refractivity contribution is 5.96. The predicted molar refractivity (Wildman–Crippen MR) is 81.9 cm³/mol. The van der Waals surface area contributed by atoms with Gasteiger partial charge < -0.3 is 19.6 Å². The number of piperazine rings is 1. The molecule has 2 heterocycles. The molecule has 0 radical (unpaired) electrons. The Morgan fingerprint density at radius 2 is 1.82 bits per heavy atom. The van der Waals surface area contributed by atoms with Gasteiger partial charge in [-0.1, -0.05) is 19.0 Å². The first-order valence-electron chi connectivity index (χ1n) is 7.73. The van der Waals surface area contributed by atoms with E-state index in [1.165, 1.54) is 0 Å². The summed E-state index contributed by atoms with van der Waals surface area (Å²) in [6.45, 7) is 10.4. The van der Waals surface area contributed by atoms with Crippen LogP contribution in [0.2, 0.25) is 0 Å². The molecule has 0 bridgehead atoms. The van der Waals surface area contributed by atoms with Crippen molar-refractivity contribution in [1.82, 2.24) is 20.3 Å². The number of carbonyl (C=O) groups is 2. The number of hydrogen-bond donors (Lipinski definition) is 1. The Kier molecular flexibility index (Phi) is 5.05. The van der Waals surface area contributed by atoms with Gasteiger partial charge >= 0.3 is 6.03 Å². The molecule has 1 saturated heterocycles. The Morgan fingerprint density at radius 1 is 1.23 bits per heavy atom. The fraction of sp³-hybridized carbons (Fsp3) is 0.667. The molecule has 122 valence electrons. The van der Waals surface area contributed by atoms with Crippen molar-refractivity contribution in [3.63, 3.8) is 0 Å². The number of urea groups is 1. The molecule has 1 fully saturated rings. The van der Waals surface area contributed by atoms with Crippen LogP contribution in [-0.2, 0) is 0 Å². The van der Waals surface area contributed by atoms with E-state index in [-0.39, 0.29) is 17.9 Å². The maximum atomic E-state index is 12.7. The van der Waals surface area contributed by atoms with Crippen LogP contribution in [0.3, 0.4) is 0 Å². The molecule has 1 N–H and O–H groups in total. The van der Waals surface area contributed by atoms with Gasteiger partial charge in [-0.3, -0.25) is 4.79 Å². The van der Waals surface area contributed by atoms with Gasteiger partial charge in [0.2, 0.25) is 0 Å². The molecule has 0 aromatic carbocycles. The van der Waals surface area contributed by atoms with Crippen LogP contribution in [0.25, 0.3) is 0 Å². The summed E-state index contributed by atoms with van der Waals surface area (Å²) < 4.78 is 5.29. The SMILES string of the molecule is CCNC(=O)N1CCN(C(=O)c2c(C)noc2C(C)C)CC1. The summed E-state index contributed by atoms with van der Waals surface area (Å²) in [6.07, 6.45) is 0. The van der Waals surface area contributed by atoms with E-state index >= 15 is 0 Å². The minimum atomic E-state index is -0.0707. The molecule has 1 aromatic rings. The normalized spacial score (nSPS) is 15.3. The lowest BCUT2D eigenvalue weighted by Crippen LogP contribution is -2.53. The van der Waals surface area contributed by atoms with Gasteiger partial charge in [0.05, 0.1) is 5.69 Å².